The van der Waals surface area contributed by atoms with Gasteiger partial charge in [0.05, 0.1) is 5.56 Å². The monoisotopic (exact) mass is 403 g/mol. The maximum atomic E-state index is 12.5. The average molecular weight is 404 g/mol. The number of hydrogen-bond acceptors (Lipinski definition) is 3. The number of benzene rings is 3. The molecule has 3 aromatic carbocycles. The lowest BCUT2D eigenvalue weighted by Crippen LogP contribution is -2.12. The van der Waals surface area contributed by atoms with E-state index >= 15 is 0 Å². The molecule has 0 spiro atoms. The molecule has 0 radical (unpaired) electrons. The molecule has 0 aliphatic rings. The van der Waals surface area contributed by atoms with Crippen LogP contribution in [0.15, 0.2) is 75.9 Å². The van der Waals surface area contributed by atoms with Crippen LogP contribution in [-0.4, -0.2) is 5.91 Å². The molecule has 0 saturated heterocycles. The Bertz CT molecular complexity index is 1310. The number of rotatable bonds is 3. The van der Waals surface area contributed by atoms with Gasteiger partial charge >= 0.3 is 5.63 Å². The molecule has 1 N–H and O–H groups in total. The number of nitrogens with one attached hydrogen (secondary N) is 1. The highest BCUT2D eigenvalue weighted by Crippen LogP contribution is 2.27. The van der Waals surface area contributed by atoms with E-state index in [1.165, 1.54) is 0 Å². The third-order valence-electron chi connectivity index (χ3n) is 4.85. The molecule has 0 bridgehead atoms. The van der Waals surface area contributed by atoms with E-state index in [0.29, 0.717) is 27.4 Å². The van der Waals surface area contributed by atoms with Crippen molar-refractivity contribution in [1.29, 1.82) is 0 Å². The second-order valence-corrected chi connectivity index (χ2v) is 7.34. The Morgan fingerprint density at radius 2 is 1.69 bits per heavy atom. The molecule has 0 saturated carbocycles. The third kappa shape index (κ3) is 3.80. The first-order valence-corrected chi connectivity index (χ1v) is 9.51. The van der Waals surface area contributed by atoms with Gasteiger partial charge in [-0.2, -0.15) is 0 Å². The summed E-state index contributed by atoms with van der Waals surface area (Å²) >= 11 is 6.11. The number of para-hydroxylation sites is 1. The van der Waals surface area contributed by atoms with Gasteiger partial charge < -0.3 is 9.73 Å². The molecule has 5 heteroatoms. The minimum atomic E-state index is -0.391. The third-order valence-corrected chi connectivity index (χ3v) is 5.26. The zero-order valence-corrected chi connectivity index (χ0v) is 16.7. The van der Waals surface area contributed by atoms with Crippen molar-refractivity contribution in [2.24, 2.45) is 0 Å². The highest BCUT2D eigenvalue weighted by atomic mass is 35.5. The Kier molecular flexibility index (Phi) is 4.95. The first-order valence-electron chi connectivity index (χ1n) is 9.14. The van der Waals surface area contributed by atoms with E-state index < -0.39 is 5.63 Å². The molecule has 0 atom stereocenters. The van der Waals surface area contributed by atoms with Crippen molar-refractivity contribution in [3.63, 3.8) is 0 Å². The van der Waals surface area contributed by atoms with Gasteiger partial charge in [0.1, 0.15) is 5.58 Å². The minimum absolute atomic E-state index is 0.246. The van der Waals surface area contributed by atoms with E-state index in [1.807, 2.05) is 56.3 Å². The number of carbonyl (C=O) groups is 1. The first kappa shape index (κ1) is 19.0. The number of amides is 1. The zero-order chi connectivity index (χ0) is 20.5. The SMILES string of the molecule is Cc1ccc(C(=O)Nc2ccc(-c3cc4ccccc4oc3=O)c(C)c2)cc1Cl. The van der Waals surface area contributed by atoms with Crippen LogP contribution < -0.4 is 10.9 Å². The number of carbonyl (C=O) groups excluding carboxylic acids is 1. The van der Waals surface area contributed by atoms with Gasteiger partial charge in [-0.25, -0.2) is 4.79 Å². The normalized spacial score (nSPS) is 10.9. The molecule has 144 valence electrons. The largest absolute Gasteiger partial charge is 0.422 e. The summed E-state index contributed by atoms with van der Waals surface area (Å²) in [5.74, 6) is -0.246. The molecule has 0 aliphatic carbocycles. The van der Waals surface area contributed by atoms with Crippen molar-refractivity contribution >= 4 is 34.2 Å². The molecular formula is C24H18ClNO3. The van der Waals surface area contributed by atoms with Crippen molar-refractivity contribution in [2.45, 2.75) is 13.8 Å². The molecule has 0 fully saturated rings. The number of aryl methyl sites for hydroxylation is 2. The molecule has 0 unspecified atom stereocenters. The summed E-state index contributed by atoms with van der Waals surface area (Å²) in [5, 5.41) is 4.27. The quantitative estimate of drug-likeness (QED) is 0.428. The lowest BCUT2D eigenvalue weighted by molar-refractivity contribution is 0.102. The maximum absolute atomic E-state index is 12.5. The molecule has 1 amide bonds. The number of fused-ring (bicyclic) bond motifs is 1. The van der Waals surface area contributed by atoms with Crippen molar-refractivity contribution in [3.8, 4) is 11.1 Å². The highest BCUT2D eigenvalue weighted by Gasteiger charge is 2.12. The average Bonchev–Trinajstić information content (AvgIpc) is 2.70. The van der Waals surface area contributed by atoms with Crippen LogP contribution >= 0.6 is 11.6 Å². The second kappa shape index (κ2) is 7.57. The molecule has 4 nitrogen and oxygen atoms in total. The Labute approximate surface area is 172 Å². The van der Waals surface area contributed by atoms with Crippen molar-refractivity contribution in [1.82, 2.24) is 0 Å². The Morgan fingerprint density at radius 3 is 2.45 bits per heavy atom. The van der Waals surface area contributed by atoms with Gasteiger partial charge in [-0.3, -0.25) is 4.79 Å². The van der Waals surface area contributed by atoms with Crippen molar-refractivity contribution in [3.05, 3.63) is 98.9 Å². The van der Waals surface area contributed by atoms with Crippen molar-refractivity contribution < 1.29 is 9.21 Å². The van der Waals surface area contributed by atoms with Crippen LogP contribution in [-0.2, 0) is 0 Å². The summed E-state index contributed by atoms with van der Waals surface area (Å²) < 4.78 is 5.44. The highest BCUT2D eigenvalue weighted by molar-refractivity contribution is 6.31. The van der Waals surface area contributed by atoms with Gasteiger partial charge in [0, 0.05) is 21.7 Å². The summed E-state index contributed by atoms with van der Waals surface area (Å²) in [6.07, 6.45) is 0. The van der Waals surface area contributed by atoms with Crippen LogP contribution in [0.1, 0.15) is 21.5 Å². The minimum Gasteiger partial charge on any atom is -0.422 e. The van der Waals surface area contributed by atoms with Gasteiger partial charge in [0.25, 0.3) is 5.91 Å². The lowest BCUT2D eigenvalue weighted by Gasteiger charge is -2.11. The summed E-state index contributed by atoms with van der Waals surface area (Å²) in [7, 11) is 0. The van der Waals surface area contributed by atoms with Crippen LogP contribution in [0.25, 0.3) is 22.1 Å². The number of anilines is 1. The summed E-state index contributed by atoms with van der Waals surface area (Å²) in [6.45, 7) is 3.78. The fraction of sp³-hybridized carbons (Fsp3) is 0.0833. The Morgan fingerprint density at radius 1 is 0.897 bits per heavy atom. The van der Waals surface area contributed by atoms with E-state index in [9.17, 15) is 9.59 Å². The molecule has 29 heavy (non-hydrogen) atoms. The molecule has 1 aromatic heterocycles. The van der Waals surface area contributed by atoms with Crippen molar-refractivity contribution in [2.75, 3.05) is 5.32 Å². The van der Waals surface area contributed by atoms with Gasteiger partial charge in [0.2, 0.25) is 0 Å². The number of hydrogen-bond donors (Lipinski definition) is 1. The Hall–Kier alpha value is -3.37. The predicted molar refractivity (Wildman–Crippen MR) is 117 cm³/mol. The smallest absolute Gasteiger partial charge is 0.344 e. The van der Waals surface area contributed by atoms with Gasteiger partial charge in [-0.1, -0.05) is 41.9 Å². The second-order valence-electron chi connectivity index (χ2n) is 6.93. The summed E-state index contributed by atoms with van der Waals surface area (Å²) in [6, 6.07) is 19.8. The zero-order valence-electron chi connectivity index (χ0n) is 16.0. The standard InChI is InChI=1S/C24H18ClNO3/c1-14-7-8-17(13-21(14)25)23(27)26-18-9-10-19(15(2)11-18)20-12-16-5-3-4-6-22(16)29-24(20)28/h3-13H,1-2H3,(H,26,27). The molecule has 4 rings (SSSR count). The first-order chi connectivity index (χ1) is 13.9. The molecule has 0 aliphatic heterocycles. The van der Waals surface area contributed by atoms with Crippen LogP contribution in [0.2, 0.25) is 5.02 Å². The molecule has 1 heterocycles. The van der Waals surface area contributed by atoms with E-state index in [4.69, 9.17) is 16.0 Å². The van der Waals surface area contributed by atoms with E-state index in [1.54, 1.807) is 24.3 Å². The molecular weight excluding hydrogens is 386 g/mol. The summed E-state index contributed by atoms with van der Waals surface area (Å²) in [4.78, 5) is 25.0. The van der Waals surface area contributed by atoms with E-state index in [0.717, 1.165) is 22.1 Å². The fourth-order valence-electron chi connectivity index (χ4n) is 3.23. The van der Waals surface area contributed by atoms with Gasteiger partial charge in [-0.05, 0) is 66.9 Å². The van der Waals surface area contributed by atoms with Gasteiger partial charge in [-0.15, -0.1) is 0 Å². The maximum Gasteiger partial charge on any atom is 0.344 e. The molecule has 4 aromatic rings. The topological polar surface area (TPSA) is 59.3 Å². The Balaban J connectivity index is 1.64. The van der Waals surface area contributed by atoms with Crippen LogP contribution in [0.4, 0.5) is 5.69 Å². The van der Waals surface area contributed by atoms with Crippen LogP contribution in [0.3, 0.4) is 0 Å². The van der Waals surface area contributed by atoms with Gasteiger partial charge in [0.15, 0.2) is 0 Å². The van der Waals surface area contributed by atoms with Crippen LogP contribution in [0, 0.1) is 13.8 Å². The van der Waals surface area contributed by atoms with Crippen LogP contribution in [0.5, 0.6) is 0 Å². The summed E-state index contributed by atoms with van der Waals surface area (Å²) in [5.41, 5.74) is 4.31. The number of halogens is 1. The van der Waals surface area contributed by atoms with E-state index in [2.05, 4.69) is 5.32 Å². The fourth-order valence-corrected chi connectivity index (χ4v) is 3.41. The predicted octanol–water partition coefficient (Wildman–Crippen LogP) is 5.98. The lowest BCUT2D eigenvalue weighted by atomic mass is 10.0. The van der Waals surface area contributed by atoms with E-state index in [-0.39, 0.29) is 5.91 Å².